The van der Waals surface area contributed by atoms with Gasteiger partial charge in [0, 0.05) is 68.6 Å². The van der Waals surface area contributed by atoms with Crippen LogP contribution in [0.15, 0.2) is 42.5 Å². The Morgan fingerprint density at radius 3 is 2.36 bits per heavy atom. The van der Waals surface area contributed by atoms with E-state index in [1.54, 1.807) is 24.3 Å². The highest BCUT2D eigenvalue weighted by Crippen LogP contribution is 2.31. The minimum atomic E-state index is -0.618. The smallest absolute Gasteiger partial charge is 0.223 e. The van der Waals surface area contributed by atoms with Crippen LogP contribution in [0.4, 0.5) is 11.5 Å². The normalized spacial score (nSPS) is 14.6. The molecule has 11 nitrogen and oxygen atoms in total. The van der Waals surface area contributed by atoms with Crippen molar-refractivity contribution in [3.8, 4) is 17.3 Å². The number of nitrogen functional groups attached to an aromatic ring is 1. The Labute approximate surface area is 264 Å². The van der Waals surface area contributed by atoms with Gasteiger partial charge in [0.2, 0.25) is 11.8 Å². The molecule has 3 heterocycles. The van der Waals surface area contributed by atoms with E-state index < -0.39 is 5.25 Å². The van der Waals surface area contributed by atoms with Crippen molar-refractivity contribution in [3.63, 3.8) is 0 Å². The Balaban J connectivity index is 1.42. The number of nitrogens with two attached hydrogens (primary N) is 2. The third-order valence-electron chi connectivity index (χ3n) is 8.16. The molecule has 1 fully saturated rings. The van der Waals surface area contributed by atoms with Crippen LogP contribution in [0.25, 0.3) is 11.3 Å². The number of pyridine rings is 1. The van der Waals surface area contributed by atoms with Gasteiger partial charge in [0.25, 0.3) is 0 Å². The van der Waals surface area contributed by atoms with Gasteiger partial charge in [0.05, 0.1) is 11.4 Å². The maximum absolute atomic E-state index is 13.0. The van der Waals surface area contributed by atoms with Gasteiger partial charge in [-0.3, -0.25) is 19.5 Å². The summed E-state index contributed by atoms with van der Waals surface area (Å²) in [5, 5.41) is 11.9. The van der Waals surface area contributed by atoms with Crippen LogP contribution in [-0.2, 0) is 16.0 Å². The molecule has 2 aromatic heterocycles. The highest BCUT2D eigenvalue weighted by atomic mass is 32.1. The molecule has 232 valence electrons. The van der Waals surface area contributed by atoms with E-state index >= 15 is 0 Å². The van der Waals surface area contributed by atoms with Crippen LogP contribution < -0.4 is 16.8 Å². The fourth-order valence-corrected chi connectivity index (χ4v) is 5.50. The molecule has 1 unspecified atom stereocenters. The van der Waals surface area contributed by atoms with E-state index in [0.717, 1.165) is 38.2 Å². The molecule has 0 spiro atoms. The molecule has 1 saturated heterocycles. The van der Waals surface area contributed by atoms with E-state index in [4.69, 9.17) is 29.1 Å². The summed E-state index contributed by atoms with van der Waals surface area (Å²) in [6, 6.07) is 14.6. The maximum Gasteiger partial charge on any atom is 0.223 e. The number of nitrogens with zero attached hydrogens (tertiary/aromatic N) is 6. The van der Waals surface area contributed by atoms with E-state index in [1.165, 1.54) is 6.92 Å². The number of piperazine rings is 1. The first kappa shape index (κ1) is 32.9. The number of rotatable bonds is 11. The third kappa shape index (κ3) is 8.11. The molecule has 3 aromatic rings. The van der Waals surface area contributed by atoms with Crippen molar-refractivity contribution in [3.05, 3.63) is 65.2 Å². The highest BCUT2D eigenvalue weighted by molar-refractivity contribution is 7.80. The van der Waals surface area contributed by atoms with Crippen molar-refractivity contribution < 1.29 is 9.59 Å². The van der Waals surface area contributed by atoms with Crippen LogP contribution in [-0.4, -0.2) is 74.8 Å². The van der Waals surface area contributed by atoms with E-state index in [-0.39, 0.29) is 28.7 Å². The SMILES string of the molecule is CCC(N)(CC)CN1CCN(C(=O)CCc2cccc(C(S)c3nc(N)c(C#N)c(-c4ccc(NC(C)=O)cc4)n3)n2)CC1. The van der Waals surface area contributed by atoms with Crippen LogP contribution in [0.5, 0.6) is 0 Å². The summed E-state index contributed by atoms with van der Waals surface area (Å²) >= 11 is 4.76. The number of carbonyl (C=O) groups excluding carboxylic acids is 2. The topological polar surface area (TPSA) is 167 Å². The van der Waals surface area contributed by atoms with E-state index in [0.29, 0.717) is 54.4 Å². The zero-order chi connectivity index (χ0) is 31.9. The summed E-state index contributed by atoms with van der Waals surface area (Å²) in [6.45, 7) is 9.59. The molecule has 44 heavy (non-hydrogen) atoms. The van der Waals surface area contributed by atoms with Crippen LogP contribution in [0.2, 0.25) is 0 Å². The summed E-state index contributed by atoms with van der Waals surface area (Å²) in [4.78, 5) is 42.5. The number of hydrogen-bond acceptors (Lipinski definition) is 10. The predicted molar refractivity (Wildman–Crippen MR) is 175 cm³/mol. The molecule has 5 N–H and O–H groups in total. The van der Waals surface area contributed by atoms with Gasteiger partial charge in [-0.2, -0.15) is 17.9 Å². The number of carbonyl (C=O) groups is 2. The number of nitriles is 1. The third-order valence-corrected chi connectivity index (χ3v) is 8.66. The number of aromatic nitrogens is 3. The standard InChI is InChI=1S/C32H41N9O2S/c1-4-32(35,5-2)20-40-15-17-41(18-16-40)27(43)14-13-23-7-6-8-26(37-23)29(44)31-38-28(25(19-33)30(34)39-31)22-9-11-24(12-10-22)36-21(3)42/h6-12,29,44H,4-5,13-18,20,35H2,1-3H3,(H,36,42)(H2,34,38,39). The number of nitrogens with one attached hydrogen (secondary N) is 1. The number of aryl methyl sites for hydroxylation is 1. The minimum absolute atomic E-state index is 0.0425. The van der Waals surface area contributed by atoms with Gasteiger partial charge >= 0.3 is 0 Å². The Bertz CT molecular complexity index is 1510. The van der Waals surface area contributed by atoms with Gasteiger partial charge in [-0.1, -0.05) is 32.0 Å². The number of hydrogen-bond donors (Lipinski definition) is 4. The Morgan fingerprint density at radius 1 is 1.07 bits per heavy atom. The van der Waals surface area contributed by atoms with Gasteiger partial charge in [-0.05, 0) is 43.5 Å². The lowest BCUT2D eigenvalue weighted by molar-refractivity contribution is -0.133. The van der Waals surface area contributed by atoms with E-state index in [9.17, 15) is 14.9 Å². The Hall–Kier alpha value is -4.05. The summed E-state index contributed by atoms with van der Waals surface area (Å²) in [7, 11) is 0. The van der Waals surface area contributed by atoms with E-state index in [2.05, 4.69) is 40.1 Å². The van der Waals surface area contributed by atoms with Crippen molar-refractivity contribution in [2.75, 3.05) is 43.8 Å². The second kappa shape index (κ2) is 14.6. The van der Waals surface area contributed by atoms with Crippen molar-refractivity contribution in [2.24, 2.45) is 5.73 Å². The van der Waals surface area contributed by atoms with Gasteiger partial charge in [0.15, 0.2) is 0 Å². The van der Waals surface area contributed by atoms with Gasteiger partial charge < -0.3 is 21.7 Å². The molecule has 1 atom stereocenters. The van der Waals surface area contributed by atoms with Crippen molar-refractivity contribution in [1.82, 2.24) is 24.8 Å². The maximum atomic E-state index is 13.0. The fourth-order valence-electron chi connectivity index (χ4n) is 5.24. The molecule has 12 heteroatoms. The first-order chi connectivity index (χ1) is 21.1. The molecule has 0 saturated carbocycles. The molecule has 2 amide bonds. The predicted octanol–water partition coefficient (Wildman–Crippen LogP) is 3.56. The quantitative estimate of drug-likeness (QED) is 0.236. The summed E-state index contributed by atoms with van der Waals surface area (Å²) in [6.07, 6.45) is 2.72. The lowest BCUT2D eigenvalue weighted by atomic mass is 9.93. The Kier molecular flexibility index (Phi) is 10.9. The average molecular weight is 616 g/mol. The Morgan fingerprint density at radius 2 is 1.75 bits per heavy atom. The molecular formula is C32H41N9O2S. The van der Waals surface area contributed by atoms with Gasteiger partial charge in [-0.15, -0.1) is 0 Å². The summed E-state index contributed by atoms with van der Waals surface area (Å²) in [5.74, 6) is 0.275. The molecule has 1 aliphatic heterocycles. The van der Waals surface area contributed by atoms with Crippen LogP contribution in [0, 0.1) is 11.3 Å². The fraction of sp³-hybridized carbons (Fsp3) is 0.438. The summed E-state index contributed by atoms with van der Waals surface area (Å²) in [5.41, 5.74) is 15.7. The summed E-state index contributed by atoms with van der Waals surface area (Å²) < 4.78 is 0. The van der Waals surface area contributed by atoms with Gasteiger partial charge in [0.1, 0.15) is 28.5 Å². The number of anilines is 2. The zero-order valence-corrected chi connectivity index (χ0v) is 26.5. The second-order valence-electron chi connectivity index (χ2n) is 11.2. The molecule has 4 rings (SSSR count). The molecule has 0 bridgehead atoms. The first-order valence-electron chi connectivity index (χ1n) is 14.9. The zero-order valence-electron chi connectivity index (χ0n) is 25.6. The number of benzene rings is 1. The monoisotopic (exact) mass is 615 g/mol. The molecular weight excluding hydrogens is 574 g/mol. The highest BCUT2D eigenvalue weighted by Gasteiger charge is 2.28. The lowest BCUT2D eigenvalue weighted by Crippen LogP contribution is -2.55. The largest absolute Gasteiger partial charge is 0.382 e. The average Bonchev–Trinajstić information content (AvgIpc) is 3.03. The second-order valence-corrected chi connectivity index (χ2v) is 11.8. The number of amides is 2. The lowest BCUT2D eigenvalue weighted by Gasteiger charge is -2.39. The molecule has 0 aliphatic carbocycles. The van der Waals surface area contributed by atoms with Crippen molar-refractivity contribution >= 4 is 35.9 Å². The molecule has 1 aromatic carbocycles. The number of thiol groups is 1. The van der Waals surface area contributed by atoms with Crippen LogP contribution >= 0.6 is 12.6 Å². The molecule has 1 aliphatic rings. The van der Waals surface area contributed by atoms with Crippen molar-refractivity contribution in [1.29, 1.82) is 5.26 Å². The van der Waals surface area contributed by atoms with Gasteiger partial charge in [-0.25, -0.2) is 9.97 Å². The minimum Gasteiger partial charge on any atom is -0.382 e. The first-order valence-corrected chi connectivity index (χ1v) is 15.5. The van der Waals surface area contributed by atoms with Crippen LogP contribution in [0.3, 0.4) is 0 Å². The van der Waals surface area contributed by atoms with Crippen LogP contribution in [0.1, 0.15) is 68.1 Å². The van der Waals surface area contributed by atoms with Crippen molar-refractivity contribution in [2.45, 2.75) is 57.2 Å². The van der Waals surface area contributed by atoms with E-state index in [1.807, 2.05) is 23.1 Å². The molecule has 0 radical (unpaired) electrons.